The van der Waals surface area contributed by atoms with Crippen LogP contribution in [0.25, 0.3) is 0 Å². The van der Waals surface area contributed by atoms with E-state index in [9.17, 15) is 4.79 Å². The summed E-state index contributed by atoms with van der Waals surface area (Å²) in [4.78, 5) is 19.9. The maximum atomic E-state index is 12.3. The molecule has 19 heavy (non-hydrogen) atoms. The highest BCUT2D eigenvalue weighted by molar-refractivity contribution is 5.22. The van der Waals surface area contributed by atoms with Crippen molar-refractivity contribution in [2.75, 3.05) is 6.61 Å². The van der Waals surface area contributed by atoms with Gasteiger partial charge in [-0.1, -0.05) is 13.8 Å². The predicted molar refractivity (Wildman–Crippen MR) is 75.5 cm³/mol. The number of nitrogens with zero attached hydrogens (tertiary/aromatic N) is 1. The minimum absolute atomic E-state index is 0.0107. The van der Waals surface area contributed by atoms with Crippen molar-refractivity contribution in [1.29, 1.82) is 0 Å². The van der Waals surface area contributed by atoms with Crippen LogP contribution in [0.3, 0.4) is 0 Å². The van der Waals surface area contributed by atoms with Gasteiger partial charge in [-0.2, -0.15) is 0 Å². The first-order chi connectivity index (χ1) is 9.00. The lowest BCUT2D eigenvalue weighted by Crippen LogP contribution is -2.33. The molecule has 0 unspecified atom stereocenters. The van der Waals surface area contributed by atoms with E-state index in [4.69, 9.17) is 4.74 Å². The Morgan fingerprint density at radius 2 is 2.00 bits per heavy atom. The van der Waals surface area contributed by atoms with Crippen molar-refractivity contribution in [2.45, 2.75) is 64.9 Å². The second-order valence-electron chi connectivity index (χ2n) is 5.70. The summed E-state index contributed by atoms with van der Waals surface area (Å²) in [5, 5.41) is 0. The van der Waals surface area contributed by atoms with E-state index in [1.165, 1.54) is 0 Å². The summed E-state index contributed by atoms with van der Waals surface area (Å²) in [7, 11) is 0. The van der Waals surface area contributed by atoms with Crippen molar-refractivity contribution in [3.8, 4) is 0 Å². The molecule has 0 saturated heterocycles. The van der Waals surface area contributed by atoms with E-state index in [0.717, 1.165) is 42.8 Å². The molecule has 106 valence electrons. The molecule has 0 radical (unpaired) electrons. The van der Waals surface area contributed by atoms with Gasteiger partial charge < -0.3 is 9.72 Å². The maximum Gasteiger partial charge on any atom is 0.254 e. The monoisotopic (exact) mass is 264 g/mol. The van der Waals surface area contributed by atoms with Crippen LogP contribution in [-0.4, -0.2) is 16.6 Å². The van der Waals surface area contributed by atoms with Crippen LogP contribution in [0.5, 0.6) is 0 Å². The molecule has 2 rings (SSSR count). The summed E-state index contributed by atoms with van der Waals surface area (Å²) in [5.41, 5.74) is 1.24. The van der Waals surface area contributed by atoms with E-state index in [-0.39, 0.29) is 17.1 Å². The van der Waals surface area contributed by atoms with Gasteiger partial charge in [-0.05, 0) is 45.4 Å². The van der Waals surface area contributed by atoms with Gasteiger partial charge >= 0.3 is 0 Å². The molecule has 1 aliphatic rings. The van der Waals surface area contributed by atoms with Crippen LogP contribution in [0.4, 0.5) is 0 Å². The van der Waals surface area contributed by atoms with E-state index in [1.807, 2.05) is 27.7 Å². The zero-order valence-electron chi connectivity index (χ0n) is 12.4. The summed E-state index contributed by atoms with van der Waals surface area (Å²) in [5.74, 6) is 0.913. The van der Waals surface area contributed by atoms with Gasteiger partial charge in [0.15, 0.2) is 0 Å². The van der Waals surface area contributed by atoms with Crippen LogP contribution in [0.15, 0.2) is 4.79 Å². The third kappa shape index (κ3) is 2.59. The summed E-state index contributed by atoms with van der Waals surface area (Å²) in [6, 6.07) is 0. The lowest BCUT2D eigenvalue weighted by molar-refractivity contribution is -0.0460. The van der Waals surface area contributed by atoms with Crippen molar-refractivity contribution in [3.05, 3.63) is 27.4 Å². The van der Waals surface area contributed by atoms with Crippen molar-refractivity contribution in [2.24, 2.45) is 0 Å². The molecule has 1 N–H and O–H groups in total. The average molecular weight is 264 g/mol. The zero-order chi connectivity index (χ0) is 14.0. The van der Waals surface area contributed by atoms with Crippen molar-refractivity contribution in [1.82, 2.24) is 9.97 Å². The summed E-state index contributed by atoms with van der Waals surface area (Å²) < 4.78 is 5.95. The fourth-order valence-corrected chi connectivity index (χ4v) is 3.16. The average Bonchev–Trinajstić information content (AvgIpc) is 2.77. The molecule has 0 spiro atoms. The summed E-state index contributed by atoms with van der Waals surface area (Å²) >= 11 is 0. The number of ether oxygens (including phenoxy) is 1. The number of aromatic amines is 1. The second kappa shape index (κ2) is 5.45. The maximum absolute atomic E-state index is 12.3. The molecule has 4 heteroatoms. The number of rotatable bonds is 4. The predicted octanol–water partition coefficient (Wildman–Crippen LogP) is 3.01. The number of hydrogen-bond acceptors (Lipinski definition) is 3. The number of nitrogens with one attached hydrogen (secondary N) is 1. The highest BCUT2D eigenvalue weighted by atomic mass is 16.5. The van der Waals surface area contributed by atoms with Crippen LogP contribution in [-0.2, 0) is 10.3 Å². The summed E-state index contributed by atoms with van der Waals surface area (Å²) in [6.45, 7) is 8.60. The Morgan fingerprint density at radius 3 is 2.47 bits per heavy atom. The van der Waals surface area contributed by atoms with Crippen LogP contribution in [0.1, 0.15) is 69.5 Å². The third-order valence-corrected chi connectivity index (χ3v) is 3.99. The van der Waals surface area contributed by atoms with Gasteiger partial charge in [0.05, 0.1) is 0 Å². The molecule has 4 nitrogen and oxygen atoms in total. The molecule has 1 aromatic rings. The van der Waals surface area contributed by atoms with E-state index >= 15 is 0 Å². The fourth-order valence-electron chi connectivity index (χ4n) is 3.16. The van der Waals surface area contributed by atoms with Gasteiger partial charge in [0.2, 0.25) is 0 Å². The van der Waals surface area contributed by atoms with Crippen LogP contribution < -0.4 is 5.56 Å². The topological polar surface area (TPSA) is 55.0 Å². The molecule has 1 fully saturated rings. The Morgan fingerprint density at radius 1 is 1.37 bits per heavy atom. The molecule has 0 aliphatic heterocycles. The largest absolute Gasteiger partial charge is 0.367 e. The molecule has 1 saturated carbocycles. The van der Waals surface area contributed by atoms with E-state index in [2.05, 4.69) is 9.97 Å². The van der Waals surface area contributed by atoms with Crippen LogP contribution in [0.2, 0.25) is 0 Å². The quantitative estimate of drug-likeness (QED) is 0.909. The summed E-state index contributed by atoms with van der Waals surface area (Å²) in [6.07, 6.45) is 4.16. The number of hydrogen-bond donors (Lipinski definition) is 1. The highest BCUT2D eigenvalue weighted by Gasteiger charge is 2.39. The Labute approximate surface area is 114 Å². The van der Waals surface area contributed by atoms with Crippen molar-refractivity contribution < 1.29 is 4.74 Å². The Hall–Kier alpha value is -1.16. The number of H-pyrrole nitrogens is 1. The molecule has 1 heterocycles. The molecular weight excluding hydrogens is 240 g/mol. The normalized spacial score (nSPS) is 18.2. The smallest absolute Gasteiger partial charge is 0.254 e. The molecular formula is C15H24N2O2. The first kappa shape index (κ1) is 14.3. The van der Waals surface area contributed by atoms with E-state index < -0.39 is 0 Å². The Balaban J connectivity index is 2.48. The molecule has 1 aromatic heterocycles. The van der Waals surface area contributed by atoms with E-state index in [0.29, 0.717) is 6.61 Å². The standard InChI is InChI=1S/C15H24N2O2/c1-5-19-15(8-6-7-9-15)14-16-11(4)12(10(2)3)13(18)17-14/h10H,5-9H2,1-4H3,(H,16,17,18). The van der Waals surface area contributed by atoms with Crippen LogP contribution >= 0.6 is 0 Å². The molecule has 0 aromatic carbocycles. The van der Waals surface area contributed by atoms with Crippen LogP contribution in [0, 0.1) is 6.92 Å². The number of aryl methyl sites for hydroxylation is 1. The van der Waals surface area contributed by atoms with Crippen molar-refractivity contribution >= 4 is 0 Å². The SMILES string of the molecule is CCOC1(c2nc(C)c(C(C)C)c(=O)[nH]2)CCCC1. The minimum Gasteiger partial charge on any atom is -0.367 e. The first-order valence-electron chi connectivity index (χ1n) is 7.25. The molecule has 1 aliphatic carbocycles. The Bertz CT molecular complexity index is 499. The third-order valence-electron chi connectivity index (χ3n) is 3.99. The van der Waals surface area contributed by atoms with E-state index in [1.54, 1.807) is 0 Å². The van der Waals surface area contributed by atoms with Gasteiger partial charge in [0, 0.05) is 17.9 Å². The molecule has 0 atom stereocenters. The lowest BCUT2D eigenvalue weighted by atomic mass is 9.99. The van der Waals surface area contributed by atoms with Gasteiger partial charge in [-0.15, -0.1) is 0 Å². The van der Waals surface area contributed by atoms with Gasteiger partial charge in [-0.3, -0.25) is 4.79 Å². The van der Waals surface area contributed by atoms with Gasteiger partial charge in [0.1, 0.15) is 11.4 Å². The first-order valence-corrected chi connectivity index (χ1v) is 7.25. The van der Waals surface area contributed by atoms with Gasteiger partial charge in [-0.25, -0.2) is 4.98 Å². The fraction of sp³-hybridized carbons (Fsp3) is 0.733. The number of aromatic nitrogens is 2. The zero-order valence-corrected chi connectivity index (χ0v) is 12.4. The highest BCUT2D eigenvalue weighted by Crippen LogP contribution is 2.40. The van der Waals surface area contributed by atoms with Gasteiger partial charge in [0.25, 0.3) is 5.56 Å². The molecule has 0 amide bonds. The second-order valence-corrected chi connectivity index (χ2v) is 5.70. The van der Waals surface area contributed by atoms with Crippen molar-refractivity contribution in [3.63, 3.8) is 0 Å². The lowest BCUT2D eigenvalue weighted by Gasteiger charge is -2.28. The Kier molecular flexibility index (Phi) is 4.09. The minimum atomic E-state index is -0.367. The molecule has 0 bridgehead atoms.